The largest absolute Gasteiger partial charge is 0.207 e. The molecule has 0 amide bonds. The Morgan fingerprint density at radius 1 is 0.750 bits per heavy atom. The Balaban J connectivity index is 2.61. The molecule has 1 unspecified atom stereocenters. The highest BCUT2D eigenvalue weighted by Gasteiger charge is 2.23. The van der Waals surface area contributed by atoms with Crippen molar-refractivity contribution < 1.29 is 17.6 Å². The number of halogens is 5. The van der Waals surface area contributed by atoms with Gasteiger partial charge < -0.3 is 0 Å². The lowest BCUT2D eigenvalue weighted by Gasteiger charge is -2.18. The van der Waals surface area contributed by atoms with E-state index in [2.05, 4.69) is 15.9 Å². The Morgan fingerprint density at radius 2 is 1.15 bits per heavy atom. The van der Waals surface area contributed by atoms with Crippen LogP contribution in [0.5, 0.6) is 0 Å². The Bertz CT molecular complexity index is 563. The summed E-state index contributed by atoms with van der Waals surface area (Å²) in [6.07, 6.45) is 0. The molecule has 0 radical (unpaired) electrons. The van der Waals surface area contributed by atoms with Gasteiger partial charge in [-0.05, 0) is 42.7 Å². The first kappa shape index (κ1) is 15.0. The molecule has 0 saturated carbocycles. The van der Waals surface area contributed by atoms with Crippen molar-refractivity contribution in [1.29, 1.82) is 0 Å². The average Bonchev–Trinajstić information content (AvgIpc) is 2.25. The maximum absolute atomic E-state index is 13.8. The first-order valence-electron chi connectivity index (χ1n) is 5.86. The minimum atomic E-state index is -0.979. The molecule has 0 aromatic heterocycles. The zero-order chi connectivity index (χ0) is 15.0. The highest BCUT2D eigenvalue weighted by Crippen LogP contribution is 2.38. The third-order valence-corrected chi connectivity index (χ3v) is 4.02. The van der Waals surface area contributed by atoms with Gasteiger partial charge >= 0.3 is 0 Å². The summed E-state index contributed by atoms with van der Waals surface area (Å²) in [6, 6.07) is 3.83. The van der Waals surface area contributed by atoms with E-state index in [4.69, 9.17) is 0 Å². The van der Waals surface area contributed by atoms with Crippen LogP contribution in [-0.2, 0) is 0 Å². The van der Waals surface area contributed by atoms with Crippen LogP contribution in [-0.4, -0.2) is 0 Å². The predicted molar refractivity (Wildman–Crippen MR) is 73.0 cm³/mol. The first-order chi connectivity index (χ1) is 9.31. The molecule has 2 aromatic carbocycles. The molecule has 0 aliphatic heterocycles. The van der Waals surface area contributed by atoms with Crippen LogP contribution in [0.1, 0.15) is 27.1 Å². The number of alkyl halides is 1. The average molecular weight is 347 g/mol. The van der Waals surface area contributed by atoms with E-state index in [-0.39, 0.29) is 5.56 Å². The number of hydrogen-bond donors (Lipinski definition) is 0. The van der Waals surface area contributed by atoms with Gasteiger partial charge in [-0.1, -0.05) is 15.9 Å². The molecule has 0 fully saturated rings. The van der Waals surface area contributed by atoms with Gasteiger partial charge in [0.05, 0.1) is 4.83 Å². The zero-order valence-electron chi connectivity index (χ0n) is 10.8. The maximum atomic E-state index is 13.8. The van der Waals surface area contributed by atoms with Crippen LogP contribution in [0.4, 0.5) is 17.6 Å². The molecule has 0 nitrogen and oxygen atoms in total. The molecule has 0 aliphatic carbocycles. The predicted octanol–water partition coefficient (Wildman–Crippen LogP) is 5.34. The molecule has 0 heterocycles. The van der Waals surface area contributed by atoms with Crippen molar-refractivity contribution in [3.63, 3.8) is 0 Å². The Kier molecular flexibility index (Phi) is 4.18. The van der Waals surface area contributed by atoms with Gasteiger partial charge in [-0.15, -0.1) is 0 Å². The second-order valence-electron chi connectivity index (χ2n) is 4.60. The Labute approximate surface area is 122 Å². The highest BCUT2D eigenvalue weighted by atomic mass is 79.9. The van der Waals surface area contributed by atoms with Crippen molar-refractivity contribution in [2.75, 3.05) is 0 Å². The number of benzene rings is 2. The summed E-state index contributed by atoms with van der Waals surface area (Å²) in [5.74, 6) is -3.35. The van der Waals surface area contributed by atoms with Crippen LogP contribution in [0.2, 0.25) is 0 Å². The molecule has 0 bridgehead atoms. The summed E-state index contributed by atoms with van der Waals surface area (Å²) >= 11 is 3.22. The third-order valence-electron chi connectivity index (χ3n) is 3.11. The molecule has 5 heteroatoms. The van der Waals surface area contributed by atoms with Gasteiger partial charge in [-0.3, -0.25) is 0 Å². The number of rotatable bonds is 2. The Hall–Kier alpha value is -1.36. The normalized spacial score (nSPS) is 12.6. The van der Waals surface area contributed by atoms with E-state index in [1.165, 1.54) is 12.1 Å². The van der Waals surface area contributed by atoms with Crippen LogP contribution in [0.3, 0.4) is 0 Å². The molecule has 106 valence electrons. The van der Waals surface area contributed by atoms with Crippen molar-refractivity contribution >= 4 is 15.9 Å². The molecule has 1 atom stereocenters. The third kappa shape index (κ3) is 2.73. The van der Waals surface area contributed by atoms with Crippen LogP contribution < -0.4 is 0 Å². The van der Waals surface area contributed by atoms with E-state index >= 15 is 0 Å². The smallest absolute Gasteiger partial charge is 0.133 e. The molecular weight excluding hydrogens is 336 g/mol. The molecule has 0 N–H and O–H groups in total. The van der Waals surface area contributed by atoms with Crippen molar-refractivity contribution in [2.45, 2.75) is 18.7 Å². The summed E-state index contributed by atoms with van der Waals surface area (Å²) in [5, 5.41) is 0. The van der Waals surface area contributed by atoms with E-state index in [1.807, 2.05) is 0 Å². The quantitative estimate of drug-likeness (QED) is 0.508. The SMILES string of the molecule is Cc1cc(F)cc(C)c1C(Br)c1c(F)cc(F)cc1F. The number of hydrogen-bond acceptors (Lipinski definition) is 0. The van der Waals surface area contributed by atoms with E-state index in [0.717, 1.165) is 0 Å². The monoisotopic (exact) mass is 346 g/mol. The topological polar surface area (TPSA) is 0 Å². The Morgan fingerprint density at radius 3 is 1.60 bits per heavy atom. The molecule has 0 aliphatic rings. The van der Waals surface area contributed by atoms with Gasteiger partial charge in [0.15, 0.2) is 0 Å². The summed E-state index contributed by atoms with van der Waals surface area (Å²) < 4.78 is 53.8. The molecule has 20 heavy (non-hydrogen) atoms. The standard InChI is InChI=1S/C15H11BrF4/c1-7-3-9(17)4-8(2)13(7)15(16)14-11(19)5-10(18)6-12(14)20/h3-6,15H,1-2H3. The minimum Gasteiger partial charge on any atom is -0.207 e. The van der Waals surface area contributed by atoms with E-state index < -0.39 is 28.1 Å². The molecule has 2 aromatic rings. The fraction of sp³-hybridized carbons (Fsp3) is 0.200. The van der Waals surface area contributed by atoms with Crippen LogP contribution >= 0.6 is 15.9 Å². The fourth-order valence-electron chi connectivity index (χ4n) is 2.26. The van der Waals surface area contributed by atoms with Crippen LogP contribution in [0, 0.1) is 37.1 Å². The van der Waals surface area contributed by atoms with Crippen molar-refractivity contribution in [1.82, 2.24) is 0 Å². The molecular formula is C15H11BrF4. The van der Waals surface area contributed by atoms with Crippen molar-refractivity contribution in [2.24, 2.45) is 0 Å². The van der Waals surface area contributed by atoms with Gasteiger partial charge in [-0.25, -0.2) is 17.6 Å². The maximum Gasteiger partial charge on any atom is 0.133 e. The van der Waals surface area contributed by atoms with Crippen LogP contribution in [0.25, 0.3) is 0 Å². The minimum absolute atomic E-state index is 0.288. The summed E-state index contributed by atoms with van der Waals surface area (Å²) in [7, 11) is 0. The zero-order valence-corrected chi connectivity index (χ0v) is 12.4. The van der Waals surface area contributed by atoms with E-state index in [9.17, 15) is 17.6 Å². The van der Waals surface area contributed by atoms with Gasteiger partial charge in [0.2, 0.25) is 0 Å². The van der Waals surface area contributed by atoms with Crippen LogP contribution in [0.15, 0.2) is 24.3 Å². The van der Waals surface area contributed by atoms with Crippen molar-refractivity contribution in [3.05, 3.63) is 69.8 Å². The summed E-state index contributed by atoms with van der Waals surface area (Å²) in [6.45, 7) is 3.30. The van der Waals surface area contributed by atoms with E-state index in [1.54, 1.807) is 13.8 Å². The lowest BCUT2D eigenvalue weighted by Crippen LogP contribution is -2.05. The van der Waals surface area contributed by atoms with Gasteiger partial charge in [-0.2, -0.15) is 0 Å². The first-order valence-corrected chi connectivity index (χ1v) is 6.78. The fourth-order valence-corrected chi connectivity index (χ4v) is 3.42. The van der Waals surface area contributed by atoms with Gasteiger partial charge in [0.1, 0.15) is 23.3 Å². The molecule has 0 spiro atoms. The molecule has 0 saturated heterocycles. The number of aryl methyl sites for hydroxylation is 2. The highest BCUT2D eigenvalue weighted by molar-refractivity contribution is 9.09. The summed E-state index contributed by atoms with van der Waals surface area (Å²) in [4.78, 5) is -0.816. The van der Waals surface area contributed by atoms with Crippen molar-refractivity contribution in [3.8, 4) is 0 Å². The lowest BCUT2D eigenvalue weighted by atomic mass is 9.95. The van der Waals surface area contributed by atoms with Gasteiger partial charge in [0.25, 0.3) is 0 Å². The second-order valence-corrected chi connectivity index (χ2v) is 5.51. The summed E-state index contributed by atoms with van der Waals surface area (Å²) in [5.41, 5.74) is 1.40. The second kappa shape index (κ2) is 5.56. The van der Waals surface area contributed by atoms with E-state index in [0.29, 0.717) is 28.8 Å². The lowest BCUT2D eigenvalue weighted by molar-refractivity contribution is 0.527. The molecule has 2 rings (SSSR count). The van der Waals surface area contributed by atoms with Gasteiger partial charge in [0, 0.05) is 17.7 Å².